The van der Waals surface area contributed by atoms with Crippen molar-refractivity contribution >= 4 is 23.2 Å². The van der Waals surface area contributed by atoms with Gasteiger partial charge >= 0.3 is 0 Å². The zero-order chi connectivity index (χ0) is 16.8. The van der Waals surface area contributed by atoms with Crippen LogP contribution < -0.4 is 10.7 Å². The maximum atomic E-state index is 12.0. The summed E-state index contributed by atoms with van der Waals surface area (Å²) < 4.78 is 0. The fraction of sp³-hybridized carbons (Fsp3) is 0.118. The highest BCUT2D eigenvalue weighted by atomic mass is 16.3. The lowest BCUT2D eigenvalue weighted by atomic mass is 10.1. The van der Waals surface area contributed by atoms with Gasteiger partial charge in [0.1, 0.15) is 5.75 Å². The van der Waals surface area contributed by atoms with Crippen LogP contribution in [0.1, 0.15) is 29.8 Å². The number of nitrogens with zero attached hydrogens (tertiary/aromatic N) is 1. The number of hydrazone groups is 1. The zero-order valence-electron chi connectivity index (χ0n) is 12.8. The van der Waals surface area contributed by atoms with Gasteiger partial charge in [0.25, 0.3) is 5.91 Å². The number of nitrogens with one attached hydrogen (secondary N) is 2. The number of hydrogen-bond acceptors (Lipinski definition) is 4. The number of benzene rings is 2. The average Bonchev–Trinajstić information content (AvgIpc) is 2.52. The van der Waals surface area contributed by atoms with Crippen LogP contribution in [0.4, 0.5) is 5.69 Å². The minimum absolute atomic E-state index is 0.0151. The van der Waals surface area contributed by atoms with Crippen molar-refractivity contribution in [2.75, 3.05) is 5.32 Å². The molecule has 2 aromatic rings. The van der Waals surface area contributed by atoms with Crippen LogP contribution in [0.5, 0.6) is 5.75 Å². The van der Waals surface area contributed by atoms with Gasteiger partial charge in [-0.05, 0) is 42.8 Å². The SMILES string of the molecule is CC(=O)Nc1cccc(C(C)=NNC(=O)c2cccc(O)c2)c1. The van der Waals surface area contributed by atoms with E-state index in [0.29, 0.717) is 17.0 Å². The van der Waals surface area contributed by atoms with E-state index >= 15 is 0 Å². The Morgan fingerprint density at radius 1 is 1.00 bits per heavy atom. The first-order valence-electron chi connectivity index (χ1n) is 6.97. The minimum atomic E-state index is -0.418. The molecular formula is C17H17N3O3. The maximum absolute atomic E-state index is 12.0. The molecule has 0 aliphatic heterocycles. The number of carbonyl (C=O) groups excluding carboxylic acids is 2. The molecule has 2 aromatic carbocycles. The normalized spacial score (nSPS) is 11.0. The number of phenols is 1. The number of anilines is 1. The van der Waals surface area contributed by atoms with Crippen molar-refractivity contribution in [1.29, 1.82) is 0 Å². The first kappa shape index (κ1) is 16.2. The summed E-state index contributed by atoms with van der Waals surface area (Å²) in [6.45, 7) is 3.18. The maximum Gasteiger partial charge on any atom is 0.271 e. The summed E-state index contributed by atoms with van der Waals surface area (Å²) in [5.74, 6) is -0.562. The largest absolute Gasteiger partial charge is 0.508 e. The third-order valence-electron chi connectivity index (χ3n) is 3.03. The van der Waals surface area contributed by atoms with Crippen LogP contribution in [0.25, 0.3) is 0 Å². The molecule has 0 bridgehead atoms. The van der Waals surface area contributed by atoms with Crippen molar-refractivity contribution in [1.82, 2.24) is 5.43 Å². The first-order valence-corrected chi connectivity index (χ1v) is 6.97. The smallest absolute Gasteiger partial charge is 0.271 e. The quantitative estimate of drug-likeness (QED) is 0.598. The predicted molar refractivity (Wildman–Crippen MR) is 88.5 cm³/mol. The van der Waals surface area contributed by atoms with Gasteiger partial charge in [0.05, 0.1) is 5.71 Å². The Labute approximate surface area is 133 Å². The Hall–Kier alpha value is -3.15. The summed E-state index contributed by atoms with van der Waals surface area (Å²) in [7, 11) is 0. The molecule has 0 saturated carbocycles. The molecule has 0 spiro atoms. The number of aromatic hydroxyl groups is 1. The Morgan fingerprint density at radius 3 is 2.39 bits per heavy atom. The van der Waals surface area contributed by atoms with E-state index in [1.165, 1.54) is 19.1 Å². The second-order valence-corrected chi connectivity index (χ2v) is 4.95. The van der Waals surface area contributed by atoms with E-state index in [1.54, 1.807) is 37.3 Å². The molecule has 0 aliphatic carbocycles. The van der Waals surface area contributed by atoms with Crippen LogP contribution in [0.2, 0.25) is 0 Å². The van der Waals surface area contributed by atoms with E-state index in [0.717, 1.165) is 5.56 Å². The molecule has 6 heteroatoms. The zero-order valence-corrected chi connectivity index (χ0v) is 12.8. The highest BCUT2D eigenvalue weighted by molar-refractivity contribution is 6.02. The van der Waals surface area contributed by atoms with Crippen molar-refractivity contribution < 1.29 is 14.7 Å². The summed E-state index contributed by atoms with van der Waals surface area (Å²) >= 11 is 0. The first-order chi connectivity index (χ1) is 11.0. The second-order valence-electron chi connectivity index (χ2n) is 4.95. The Bertz CT molecular complexity index is 769. The molecule has 0 atom stereocenters. The van der Waals surface area contributed by atoms with Crippen LogP contribution in [-0.2, 0) is 4.79 Å². The molecule has 0 saturated heterocycles. The Kier molecular flexibility index (Phi) is 5.09. The number of amides is 2. The summed E-state index contributed by atoms with van der Waals surface area (Å²) in [5, 5.41) is 16.1. The number of hydrogen-bond donors (Lipinski definition) is 3. The Morgan fingerprint density at radius 2 is 1.70 bits per heavy atom. The molecule has 2 amide bonds. The van der Waals surface area contributed by atoms with E-state index in [2.05, 4.69) is 15.8 Å². The lowest BCUT2D eigenvalue weighted by Gasteiger charge is -2.06. The predicted octanol–water partition coefficient (Wildman–Crippen LogP) is 2.50. The third kappa shape index (κ3) is 4.67. The molecular weight excluding hydrogens is 294 g/mol. The second kappa shape index (κ2) is 7.22. The van der Waals surface area contributed by atoms with Gasteiger partial charge in [0, 0.05) is 18.2 Å². The van der Waals surface area contributed by atoms with Gasteiger partial charge in [-0.2, -0.15) is 5.10 Å². The van der Waals surface area contributed by atoms with Gasteiger partial charge < -0.3 is 10.4 Å². The Balaban J connectivity index is 2.10. The molecule has 0 unspecified atom stereocenters. The van der Waals surface area contributed by atoms with Crippen molar-refractivity contribution in [3.8, 4) is 5.75 Å². The topological polar surface area (TPSA) is 90.8 Å². The van der Waals surface area contributed by atoms with E-state index in [9.17, 15) is 14.7 Å². The fourth-order valence-electron chi connectivity index (χ4n) is 1.94. The molecule has 23 heavy (non-hydrogen) atoms. The van der Waals surface area contributed by atoms with Crippen molar-refractivity contribution in [2.24, 2.45) is 5.10 Å². The minimum Gasteiger partial charge on any atom is -0.508 e. The van der Waals surface area contributed by atoms with Crippen LogP contribution >= 0.6 is 0 Å². The van der Waals surface area contributed by atoms with E-state index in [4.69, 9.17) is 0 Å². The monoisotopic (exact) mass is 311 g/mol. The molecule has 0 fully saturated rings. The number of phenolic OH excluding ortho intramolecular Hbond substituents is 1. The van der Waals surface area contributed by atoms with Crippen LogP contribution in [0.15, 0.2) is 53.6 Å². The molecule has 0 radical (unpaired) electrons. The van der Waals surface area contributed by atoms with Crippen LogP contribution in [0.3, 0.4) is 0 Å². The summed E-state index contributed by atoms with van der Waals surface area (Å²) in [6, 6.07) is 13.1. The van der Waals surface area contributed by atoms with E-state index in [-0.39, 0.29) is 11.7 Å². The lowest BCUT2D eigenvalue weighted by molar-refractivity contribution is -0.114. The van der Waals surface area contributed by atoms with E-state index < -0.39 is 5.91 Å². The summed E-state index contributed by atoms with van der Waals surface area (Å²) in [5.41, 5.74) is 4.76. The van der Waals surface area contributed by atoms with Crippen molar-refractivity contribution in [3.05, 3.63) is 59.7 Å². The van der Waals surface area contributed by atoms with Crippen molar-refractivity contribution in [2.45, 2.75) is 13.8 Å². The van der Waals surface area contributed by atoms with Gasteiger partial charge in [0.2, 0.25) is 5.91 Å². The van der Waals surface area contributed by atoms with Crippen molar-refractivity contribution in [3.63, 3.8) is 0 Å². The standard InChI is InChI=1S/C17H17N3O3/c1-11(13-5-3-7-15(9-13)18-12(2)21)19-20-17(23)14-6-4-8-16(22)10-14/h3-10,22H,1-2H3,(H,18,21)(H,20,23). The van der Waals surface area contributed by atoms with Gasteiger partial charge in [-0.1, -0.05) is 18.2 Å². The molecule has 0 aliphatic rings. The highest BCUT2D eigenvalue weighted by Gasteiger charge is 2.06. The van der Waals surface area contributed by atoms with E-state index in [1.807, 2.05) is 6.07 Å². The number of carbonyl (C=O) groups is 2. The third-order valence-corrected chi connectivity index (χ3v) is 3.03. The average molecular weight is 311 g/mol. The molecule has 6 nitrogen and oxygen atoms in total. The van der Waals surface area contributed by atoms with Crippen LogP contribution in [-0.4, -0.2) is 22.6 Å². The summed E-state index contributed by atoms with van der Waals surface area (Å²) in [4.78, 5) is 23.0. The number of rotatable bonds is 4. The molecule has 0 aromatic heterocycles. The summed E-state index contributed by atoms with van der Waals surface area (Å²) in [6.07, 6.45) is 0. The van der Waals surface area contributed by atoms with Gasteiger partial charge in [-0.3, -0.25) is 9.59 Å². The van der Waals surface area contributed by atoms with Gasteiger partial charge in [-0.25, -0.2) is 5.43 Å². The fourth-order valence-corrected chi connectivity index (χ4v) is 1.94. The molecule has 3 N–H and O–H groups in total. The molecule has 0 heterocycles. The van der Waals surface area contributed by atoms with Gasteiger partial charge in [-0.15, -0.1) is 0 Å². The molecule has 2 rings (SSSR count). The van der Waals surface area contributed by atoms with Crippen LogP contribution in [0, 0.1) is 0 Å². The highest BCUT2D eigenvalue weighted by Crippen LogP contribution is 2.12. The van der Waals surface area contributed by atoms with Gasteiger partial charge in [0.15, 0.2) is 0 Å². The molecule has 118 valence electrons. The lowest BCUT2D eigenvalue weighted by Crippen LogP contribution is -2.19.